The smallest absolute Gasteiger partial charge is 0.426 e. The van der Waals surface area contributed by atoms with E-state index in [2.05, 4.69) is 4.74 Å². The molecule has 0 aromatic carbocycles. The Kier molecular flexibility index (Phi) is 5.52. The van der Waals surface area contributed by atoms with Gasteiger partial charge in [0.1, 0.15) is 0 Å². The number of hydrogen-bond acceptors (Lipinski definition) is 3. The maximum absolute atomic E-state index is 12.2. The molecule has 14 heavy (non-hydrogen) atoms. The van der Waals surface area contributed by atoms with Crippen LogP contribution < -0.4 is 0 Å². The Labute approximate surface area is 80.8 Å². The standard InChI is InChI=1S/C8H14F3NO2/c1-3-4-12(2)5-7(14-6-13)8(9,10)11/h6-7H,3-5H2,1-2H3. The highest BCUT2D eigenvalue weighted by Crippen LogP contribution is 2.22. The maximum Gasteiger partial charge on any atom is 0.426 e. The number of rotatable bonds is 6. The molecule has 0 fully saturated rings. The minimum absolute atomic E-state index is 0.169. The van der Waals surface area contributed by atoms with E-state index in [4.69, 9.17) is 0 Å². The van der Waals surface area contributed by atoms with Gasteiger partial charge in [0.05, 0.1) is 0 Å². The number of carbonyl (C=O) groups is 1. The SMILES string of the molecule is CCCN(C)CC(OC=O)C(F)(F)F. The van der Waals surface area contributed by atoms with Crippen molar-refractivity contribution in [2.75, 3.05) is 20.1 Å². The summed E-state index contributed by atoms with van der Waals surface area (Å²) in [4.78, 5) is 11.3. The van der Waals surface area contributed by atoms with E-state index in [1.54, 1.807) is 7.05 Å². The Morgan fingerprint density at radius 1 is 1.50 bits per heavy atom. The predicted molar refractivity (Wildman–Crippen MR) is 44.8 cm³/mol. The minimum atomic E-state index is -4.50. The summed E-state index contributed by atoms with van der Waals surface area (Å²) in [6, 6.07) is 0. The van der Waals surface area contributed by atoms with Crippen molar-refractivity contribution in [3.63, 3.8) is 0 Å². The van der Waals surface area contributed by atoms with E-state index in [0.717, 1.165) is 6.42 Å². The molecule has 0 saturated heterocycles. The van der Waals surface area contributed by atoms with Crippen molar-refractivity contribution in [3.8, 4) is 0 Å². The lowest BCUT2D eigenvalue weighted by atomic mass is 10.3. The molecule has 0 aromatic rings. The van der Waals surface area contributed by atoms with Gasteiger partial charge in [-0.25, -0.2) is 0 Å². The first-order valence-electron chi connectivity index (χ1n) is 4.26. The number of alkyl halides is 3. The molecule has 0 N–H and O–H groups in total. The molecule has 0 aliphatic rings. The quantitative estimate of drug-likeness (QED) is 0.625. The molecule has 0 amide bonds. The van der Waals surface area contributed by atoms with Crippen LogP contribution in [0.25, 0.3) is 0 Å². The fourth-order valence-corrected chi connectivity index (χ4v) is 1.05. The Morgan fingerprint density at radius 2 is 2.07 bits per heavy atom. The Balaban J connectivity index is 4.15. The van der Waals surface area contributed by atoms with E-state index in [9.17, 15) is 18.0 Å². The van der Waals surface area contributed by atoms with Gasteiger partial charge in [-0.3, -0.25) is 4.79 Å². The van der Waals surface area contributed by atoms with Crippen molar-refractivity contribution in [3.05, 3.63) is 0 Å². The van der Waals surface area contributed by atoms with Gasteiger partial charge in [-0.2, -0.15) is 13.2 Å². The first-order valence-corrected chi connectivity index (χ1v) is 4.26. The molecule has 3 nitrogen and oxygen atoms in total. The molecular formula is C8H14F3NO2. The van der Waals surface area contributed by atoms with E-state index in [0.29, 0.717) is 6.54 Å². The van der Waals surface area contributed by atoms with Crippen LogP contribution in [0.15, 0.2) is 0 Å². The molecule has 0 aliphatic heterocycles. The van der Waals surface area contributed by atoms with Crippen LogP contribution in [0.4, 0.5) is 13.2 Å². The average molecular weight is 213 g/mol. The highest BCUT2D eigenvalue weighted by atomic mass is 19.4. The largest absolute Gasteiger partial charge is 0.454 e. The van der Waals surface area contributed by atoms with Gasteiger partial charge in [0.2, 0.25) is 6.10 Å². The van der Waals surface area contributed by atoms with Crippen molar-refractivity contribution in [1.82, 2.24) is 4.90 Å². The van der Waals surface area contributed by atoms with Gasteiger partial charge < -0.3 is 9.64 Å². The fraction of sp³-hybridized carbons (Fsp3) is 0.875. The Hall–Kier alpha value is -0.780. The molecule has 0 heterocycles. The number of carbonyl (C=O) groups excluding carboxylic acids is 1. The average Bonchev–Trinajstić information content (AvgIpc) is 2.02. The highest BCUT2D eigenvalue weighted by Gasteiger charge is 2.41. The lowest BCUT2D eigenvalue weighted by Gasteiger charge is -2.23. The van der Waals surface area contributed by atoms with Crippen molar-refractivity contribution in [2.45, 2.75) is 25.6 Å². The second-order valence-corrected chi connectivity index (χ2v) is 3.02. The van der Waals surface area contributed by atoms with Crippen molar-refractivity contribution in [1.29, 1.82) is 0 Å². The van der Waals surface area contributed by atoms with Crippen molar-refractivity contribution >= 4 is 6.47 Å². The Morgan fingerprint density at radius 3 is 2.43 bits per heavy atom. The van der Waals surface area contributed by atoms with Gasteiger partial charge in [-0.05, 0) is 20.0 Å². The lowest BCUT2D eigenvalue weighted by molar-refractivity contribution is -0.217. The summed E-state index contributed by atoms with van der Waals surface area (Å²) in [5.74, 6) is 0. The van der Waals surface area contributed by atoms with E-state index in [1.165, 1.54) is 4.90 Å². The van der Waals surface area contributed by atoms with Crippen LogP contribution in [-0.4, -0.2) is 43.8 Å². The van der Waals surface area contributed by atoms with E-state index < -0.39 is 12.3 Å². The van der Waals surface area contributed by atoms with Crippen LogP contribution >= 0.6 is 0 Å². The zero-order valence-corrected chi connectivity index (χ0v) is 8.17. The summed E-state index contributed by atoms with van der Waals surface area (Å²) < 4.78 is 40.6. The summed E-state index contributed by atoms with van der Waals surface area (Å²) >= 11 is 0. The lowest BCUT2D eigenvalue weighted by Crippen LogP contribution is -2.41. The Bertz CT molecular complexity index is 172. The van der Waals surface area contributed by atoms with E-state index in [1.807, 2.05) is 6.92 Å². The molecule has 0 bridgehead atoms. The number of nitrogens with zero attached hydrogens (tertiary/aromatic N) is 1. The normalized spacial score (nSPS) is 14.1. The van der Waals surface area contributed by atoms with Crippen molar-refractivity contribution in [2.24, 2.45) is 0 Å². The van der Waals surface area contributed by atoms with Crippen LogP contribution in [0.3, 0.4) is 0 Å². The molecule has 0 radical (unpaired) electrons. The van der Waals surface area contributed by atoms with Gasteiger partial charge in [0.25, 0.3) is 6.47 Å². The molecule has 84 valence electrons. The van der Waals surface area contributed by atoms with Crippen LogP contribution in [0, 0.1) is 0 Å². The van der Waals surface area contributed by atoms with Gasteiger partial charge in [-0.15, -0.1) is 0 Å². The predicted octanol–water partition coefficient (Wildman–Crippen LogP) is 1.43. The molecular weight excluding hydrogens is 199 g/mol. The second kappa shape index (κ2) is 5.85. The molecule has 0 aliphatic carbocycles. The third-order valence-corrected chi connectivity index (χ3v) is 1.67. The van der Waals surface area contributed by atoms with Gasteiger partial charge >= 0.3 is 6.18 Å². The van der Waals surface area contributed by atoms with Crippen LogP contribution in [0.5, 0.6) is 0 Å². The highest BCUT2D eigenvalue weighted by molar-refractivity contribution is 5.37. The maximum atomic E-state index is 12.2. The number of likely N-dealkylation sites (N-methyl/N-ethyl adjacent to an activating group) is 1. The van der Waals surface area contributed by atoms with Crippen LogP contribution in [0.2, 0.25) is 0 Å². The van der Waals surface area contributed by atoms with E-state index in [-0.39, 0.29) is 13.0 Å². The van der Waals surface area contributed by atoms with Crippen LogP contribution in [-0.2, 0) is 9.53 Å². The van der Waals surface area contributed by atoms with Gasteiger partial charge in [0.15, 0.2) is 0 Å². The van der Waals surface area contributed by atoms with E-state index >= 15 is 0 Å². The number of ether oxygens (including phenoxy) is 1. The summed E-state index contributed by atoms with van der Waals surface area (Å²) in [6.45, 7) is 1.91. The number of halogens is 3. The second-order valence-electron chi connectivity index (χ2n) is 3.02. The molecule has 1 unspecified atom stereocenters. The zero-order chi connectivity index (χ0) is 11.2. The minimum Gasteiger partial charge on any atom is -0.454 e. The summed E-state index contributed by atoms with van der Waals surface area (Å²) in [7, 11) is 1.55. The molecule has 6 heteroatoms. The van der Waals surface area contributed by atoms with Gasteiger partial charge in [-0.1, -0.05) is 6.92 Å². The molecule has 0 rings (SSSR count). The topological polar surface area (TPSA) is 29.5 Å². The summed E-state index contributed by atoms with van der Waals surface area (Å²) in [5, 5.41) is 0. The third-order valence-electron chi connectivity index (χ3n) is 1.67. The number of hydrogen-bond donors (Lipinski definition) is 0. The zero-order valence-electron chi connectivity index (χ0n) is 8.17. The molecule has 1 atom stereocenters. The van der Waals surface area contributed by atoms with Crippen LogP contribution in [0.1, 0.15) is 13.3 Å². The fourth-order valence-electron chi connectivity index (χ4n) is 1.05. The summed E-state index contributed by atoms with van der Waals surface area (Å²) in [5.41, 5.74) is 0. The molecule has 0 aromatic heterocycles. The molecule has 0 spiro atoms. The monoisotopic (exact) mass is 213 g/mol. The summed E-state index contributed by atoms with van der Waals surface area (Å²) in [6.07, 6.45) is -5.78. The first-order chi connectivity index (χ1) is 6.41. The third kappa shape index (κ3) is 5.06. The van der Waals surface area contributed by atoms with Gasteiger partial charge in [0, 0.05) is 6.54 Å². The molecule has 0 saturated carbocycles. The van der Waals surface area contributed by atoms with Crippen molar-refractivity contribution < 1.29 is 22.7 Å². The first kappa shape index (κ1) is 13.2.